The fourth-order valence-corrected chi connectivity index (χ4v) is 2.72. The van der Waals surface area contributed by atoms with Crippen LogP contribution in [0.5, 0.6) is 0 Å². The van der Waals surface area contributed by atoms with Gasteiger partial charge in [0, 0.05) is 13.2 Å². The summed E-state index contributed by atoms with van der Waals surface area (Å²) in [4.78, 5) is 26.4. The van der Waals surface area contributed by atoms with Gasteiger partial charge in [-0.25, -0.2) is 0 Å². The summed E-state index contributed by atoms with van der Waals surface area (Å²) in [5.74, 6) is 0.433. The number of hydrogen-bond donors (Lipinski definition) is 1. The Morgan fingerprint density at radius 2 is 2.00 bits per heavy atom. The molecule has 2 unspecified atom stereocenters. The predicted octanol–water partition coefficient (Wildman–Crippen LogP) is 1.32. The van der Waals surface area contributed by atoms with Gasteiger partial charge in [0.2, 0.25) is 11.8 Å². The molecule has 5 heteroatoms. The second kappa shape index (κ2) is 7.07. The maximum Gasteiger partial charge on any atom is 0.245 e. The van der Waals surface area contributed by atoms with Gasteiger partial charge in [-0.05, 0) is 31.6 Å². The molecule has 1 saturated heterocycles. The van der Waals surface area contributed by atoms with E-state index in [0.717, 1.165) is 32.3 Å². The molecule has 0 aromatic carbocycles. The zero-order valence-corrected chi connectivity index (χ0v) is 12.6. The number of nitrogens with one attached hydrogen (secondary N) is 1. The molecule has 1 aliphatic carbocycles. The van der Waals surface area contributed by atoms with Crippen molar-refractivity contribution in [3.8, 4) is 0 Å². The van der Waals surface area contributed by atoms with E-state index in [1.165, 1.54) is 0 Å². The molecule has 2 rings (SSSR count). The van der Waals surface area contributed by atoms with Crippen molar-refractivity contribution in [2.24, 2.45) is 5.92 Å². The maximum absolute atomic E-state index is 12.4. The zero-order valence-electron chi connectivity index (χ0n) is 12.6. The number of carbonyl (C=O) groups is 2. The van der Waals surface area contributed by atoms with Crippen LogP contribution in [-0.4, -0.2) is 48.6 Å². The van der Waals surface area contributed by atoms with Gasteiger partial charge in [-0.15, -0.1) is 0 Å². The molecule has 0 bridgehead atoms. The lowest BCUT2D eigenvalue weighted by Gasteiger charge is -2.39. The predicted molar refractivity (Wildman–Crippen MR) is 76.2 cm³/mol. The molecule has 2 aliphatic rings. The monoisotopic (exact) mass is 282 g/mol. The molecule has 1 aliphatic heterocycles. The molecule has 5 nitrogen and oxygen atoms in total. The Kier molecular flexibility index (Phi) is 5.40. The number of rotatable bonds is 8. The van der Waals surface area contributed by atoms with Gasteiger partial charge in [-0.2, -0.15) is 0 Å². The molecule has 114 valence electrons. The normalized spacial score (nSPS) is 26.8. The number of nitrogens with zero attached hydrogens (tertiary/aromatic N) is 1. The van der Waals surface area contributed by atoms with Crippen molar-refractivity contribution in [2.45, 2.75) is 58.0 Å². The lowest BCUT2D eigenvalue weighted by Crippen LogP contribution is -2.64. The fraction of sp³-hybridized carbons (Fsp3) is 0.867. The van der Waals surface area contributed by atoms with E-state index < -0.39 is 0 Å². The van der Waals surface area contributed by atoms with E-state index in [4.69, 9.17) is 4.74 Å². The van der Waals surface area contributed by atoms with Crippen molar-refractivity contribution in [3.05, 3.63) is 0 Å². The van der Waals surface area contributed by atoms with Crippen molar-refractivity contribution in [2.75, 3.05) is 19.8 Å². The van der Waals surface area contributed by atoms with Crippen molar-refractivity contribution < 1.29 is 14.3 Å². The molecular formula is C15H26N2O3. The first-order valence-corrected chi connectivity index (χ1v) is 7.87. The van der Waals surface area contributed by atoms with E-state index in [9.17, 15) is 9.59 Å². The summed E-state index contributed by atoms with van der Waals surface area (Å²) in [6, 6.07) is -0.617. The first kappa shape index (κ1) is 15.3. The summed E-state index contributed by atoms with van der Waals surface area (Å²) in [6.45, 7) is 5.84. The Labute approximate surface area is 121 Å². The summed E-state index contributed by atoms with van der Waals surface area (Å²) < 4.78 is 5.55. The Hall–Kier alpha value is -1.10. The maximum atomic E-state index is 12.4. The van der Waals surface area contributed by atoms with E-state index in [1.807, 2.05) is 6.92 Å². The minimum Gasteiger partial charge on any atom is -0.380 e. The average molecular weight is 282 g/mol. The van der Waals surface area contributed by atoms with E-state index in [1.54, 1.807) is 4.90 Å². The molecule has 0 aromatic heterocycles. The zero-order chi connectivity index (χ0) is 14.5. The molecule has 1 saturated carbocycles. The lowest BCUT2D eigenvalue weighted by molar-refractivity contribution is -0.151. The Morgan fingerprint density at radius 1 is 1.25 bits per heavy atom. The van der Waals surface area contributed by atoms with Crippen molar-refractivity contribution in [1.29, 1.82) is 0 Å². The molecule has 0 radical (unpaired) electrons. The minimum absolute atomic E-state index is 0.0208. The number of ether oxygens (including phenoxy) is 1. The van der Waals surface area contributed by atoms with E-state index in [2.05, 4.69) is 12.2 Å². The van der Waals surface area contributed by atoms with Crippen molar-refractivity contribution in [3.63, 3.8) is 0 Å². The molecule has 0 spiro atoms. The second-order valence-electron chi connectivity index (χ2n) is 5.75. The molecule has 1 heterocycles. The fourth-order valence-electron chi connectivity index (χ4n) is 2.72. The van der Waals surface area contributed by atoms with E-state index in [-0.39, 0.29) is 23.9 Å². The Bertz CT molecular complexity index is 355. The molecule has 0 aromatic rings. The summed E-state index contributed by atoms with van der Waals surface area (Å²) >= 11 is 0. The quantitative estimate of drug-likeness (QED) is 0.683. The van der Waals surface area contributed by atoms with Gasteiger partial charge in [0.15, 0.2) is 0 Å². The van der Waals surface area contributed by atoms with E-state index >= 15 is 0 Å². The number of carbonyl (C=O) groups excluding carboxylic acids is 2. The second-order valence-corrected chi connectivity index (χ2v) is 5.75. The highest BCUT2D eigenvalue weighted by Gasteiger charge is 2.47. The molecular weight excluding hydrogens is 256 g/mol. The molecule has 1 N–H and O–H groups in total. The summed E-state index contributed by atoms with van der Waals surface area (Å²) in [5, 5.41) is 2.86. The Balaban J connectivity index is 1.92. The summed E-state index contributed by atoms with van der Waals surface area (Å²) in [7, 11) is 0. The van der Waals surface area contributed by atoms with Crippen LogP contribution in [-0.2, 0) is 14.3 Å². The highest BCUT2D eigenvalue weighted by molar-refractivity contribution is 5.97. The van der Waals surface area contributed by atoms with Crippen molar-refractivity contribution >= 4 is 11.8 Å². The molecule has 2 amide bonds. The SMILES string of the molecule is CCCCOCCN1C(=O)C(CC)NC(=O)C1C1CC1. The number of amides is 2. The van der Waals surface area contributed by atoms with Gasteiger partial charge in [-0.1, -0.05) is 20.3 Å². The first-order valence-electron chi connectivity index (χ1n) is 7.87. The van der Waals surface area contributed by atoms with Crippen molar-refractivity contribution in [1.82, 2.24) is 10.2 Å². The van der Waals surface area contributed by atoms with Crippen LogP contribution in [0, 0.1) is 5.92 Å². The van der Waals surface area contributed by atoms with Gasteiger partial charge >= 0.3 is 0 Å². The molecule has 2 atom stereocenters. The average Bonchev–Trinajstić information content (AvgIpc) is 3.26. The third-order valence-electron chi connectivity index (χ3n) is 4.10. The summed E-state index contributed by atoms with van der Waals surface area (Å²) in [5.41, 5.74) is 0. The van der Waals surface area contributed by atoms with Crippen LogP contribution >= 0.6 is 0 Å². The smallest absolute Gasteiger partial charge is 0.245 e. The Morgan fingerprint density at radius 3 is 2.60 bits per heavy atom. The largest absolute Gasteiger partial charge is 0.380 e. The van der Waals surface area contributed by atoms with Gasteiger partial charge in [0.1, 0.15) is 12.1 Å². The number of unbranched alkanes of at least 4 members (excludes halogenated alkanes) is 1. The topological polar surface area (TPSA) is 58.6 Å². The van der Waals surface area contributed by atoms with Gasteiger partial charge in [-0.3, -0.25) is 9.59 Å². The van der Waals surface area contributed by atoms with Crippen LogP contribution in [0.2, 0.25) is 0 Å². The third kappa shape index (κ3) is 3.51. The van der Waals surface area contributed by atoms with Gasteiger partial charge in [0.05, 0.1) is 6.61 Å². The van der Waals surface area contributed by atoms with Crippen LogP contribution in [0.3, 0.4) is 0 Å². The highest BCUT2D eigenvalue weighted by atomic mass is 16.5. The van der Waals surface area contributed by atoms with Gasteiger partial charge in [0.25, 0.3) is 0 Å². The van der Waals surface area contributed by atoms with Crippen LogP contribution in [0.4, 0.5) is 0 Å². The number of piperazine rings is 1. The summed E-state index contributed by atoms with van der Waals surface area (Å²) in [6.07, 6.45) is 4.89. The number of hydrogen-bond acceptors (Lipinski definition) is 3. The van der Waals surface area contributed by atoms with Crippen LogP contribution in [0.15, 0.2) is 0 Å². The first-order chi connectivity index (χ1) is 9.69. The third-order valence-corrected chi connectivity index (χ3v) is 4.10. The minimum atomic E-state index is -0.354. The van der Waals surface area contributed by atoms with Crippen LogP contribution < -0.4 is 5.32 Å². The van der Waals surface area contributed by atoms with E-state index in [0.29, 0.717) is 25.5 Å². The van der Waals surface area contributed by atoms with Crippen LogP contribution in [0.25, 0.3) is 0 Å². The molecule has 2 fully saturated rings. The lowest BCUT2D eigenvalue weighted by atomic mass is 10.0. The molecule has 20 heavy (non-hydrogen) atoms. The standard InChI is InChI=1S/C15H26N2O3/c1-3-5-9-20-10-8-17-13(11-6-7-11)14(18)16-12(4-2)15(17)19/h11-13H,3-10H2,1-2H3,(H,16,18). The highest BCUT2D eigenvalue weighted by Crippen LogP contribution is 2.37. The van der Waals surface area contributed by atoms with Gasteiger partial charge < -0.3 is 15.0 Å². The van der Waals surface area contributed by atoms with Crippen LogP contribution in [0.1, 0.15) is 46.0 Å².